The van der Waals surface area contributed by atoms with Gasteiger partial charge in [-0.05, 0) is 64.3 Å². The Labute approximate surface area is 222 Å². The number of halogens is 1. The molecule has 200 valence electrons. The molecular formula is C27H35ClN4O5. The zero-order valence-corrected chi connectivity index (χ0v) is 21.6. The van der Waals surface area contributed by atoms with Gasteiger partial charge in [-0.1, -0.05) is 19.0 Å². The molecule has 1 saturated heterocycles. The predicted molar refractivity (Wildman–Crippen MR) is 146 cm³/mol. The molecule has 1 fully saturated rings. The maximum Gasteiger partial charge on any atom is 0.345 e. The largest absolute Gasteiger partial charge is 0.462 e. The summed E-state index contributed by atoms with van der Waals surface area (Å²) in [4.78, 5) is 45.4. The average Bonchev–Trinajstić information content (AvgIpc) is 3.39. The molecule has 9 nitrogen and oxygen atoms in total. The van der Waals surface area contributed by atoms with Crippen molar-refractivity contribution >= 4 is 40.1 Å². The van der Waals surface area contributed by atoms with Crippen LogP contribution in [0.3, 0.4) is 0 Å². The fraction of sp³-hybridized carbons (Fsp3) is 0.444. The maximum atomic E-state index is 13.8. The van der Waals surface area contributed by atoms with Gasteiger partial charge in [0.2, 0.25) is 0 Å². The van der Waals surface area contributed by atoms with Crippen LogP contribution >= 0.6 is 11.6 Å². The standard InChI is InChI=1S/C26H31ClN4O5.CH4/c1-4-35-26(34)22-23(29-12-14-30(15-13-29)24(32)21-7-5-16-36-21)19-17-18(27)8-9-20(19)31(25(22)33)11-6-10-28(2)3;/h5,7-9,16-17H,4,6,10-15H2,1-3H3;1H4. The molecule has 0 saturated carbocycles. The molecule has 0 radical (unpaired) electrons. The Bertz CT molecular complexity index is 1290. The van der Waals surface area contributed by atoms with Crippen LogP contribution in [0.4, 0.5) is 5.69 Å². The molecule has 3 heterocycles. The number of piperazine rings is 1. The molecule has 3 aromatic rings. The summed E-state index contributed by atoms with van der Waals surface area (Å²) in [5.41, 5.74) is 0.832. The first kappa shape index (κ1) is 28.3. The highest BCUT2D eigenvalue weighted by Gasteiger charge is 2.31. The summed E-state index contributed by atoms with van der Waals surface area (Å²) < 4.78 is 12.2. The van der Waals surface area contributed by atoms with Crippen LogP contribution in [0, 0.1) is 0 Å². The third kappa shape index (κ3) is 5.99. The summed E-state index contributed by atoms with van der Waals surface area (Å²) in [6.45, 7) is 4.80. The number of anilines is 1. The fourth-order valence-electron chi connectivity index (χ4n) is 4.59. The molecular weight excluding hydrogens is 496 g/mol. The average molecular weight is 531 g/mol. The van der Waals surface area contributed by atoms with Crippen molar-refractivity contribution in [3.63, 3.8) is 0 Å². The molecule has 1 aromatic carbocycles. The van der Waals surface area contributed by atoms with Gasteiger partial charge in [-0.3, -0.25) is 9.59 Å². The third-order valence-corrected chi connectivity index (χ3v) is 6.52. The Morgan fingerprint density at radius 3 is 2.49 bits per heavy atom. The highest BCUT2D eigenvalue weighted by atomic mass is 35.5. The van der Waals surface area contributed by atoms with Gasteiger partial charge in [0.1, 0.15) is 5.56 Å². The van der Waals surface area contributed by atoms with Crippen LogP contribution in [-0.4, -0.2) is 79.7 Å². The Balaban J connectivity index is 0.00000380. The monoisotopic (exact) mass is 530 g/mol. The first-order chi connectivity index (χ1) is 17.3. The molecule has 0 unspecified atom stereocenters. The van der Waals surface area contributed by atoms with E-state index in [1.165, 1.54) is 6.26 Å². The van der Waals surface area contributed by atoms with Crippen molar-refractivity contribution in [3.05, 3.63) is 63.3 Å². The van der Waals surface area contributed by atoms with E-state index in [1.54, 1.807) is 40.7 Å². The second kappa shape index (κ2) is 12.3. The van der Waals surface area contributed by atoms with E-state index < -0.39 is 5.97 Å². The SMILES string of the molecule is C.CCOC(=O)c1c(N2CCN(C(=O)c3ccco3)CC2)c2cc(Cl)ccc2n(CCCN(C)C)c1=O. The van der Waals surface area contributed by atoms with Gasteiger partial charge >= 0.3 is 5.97 Å². The Morgan fingerprint density at radius 1 is 1.14 bits per heavy atom. The zero-order valence-electron chi connectivity index (χ0n) is 20.8. The van der Waals surface area contributed by atoms with Crippen molar-refractivity contribution in [2.24, 2.45) is 0 Å². The number of aryl methyl sites for hydroxylation is 1. The van der Waals surface area contributed by atoms with Crippen molar-refractivity contribution in [3.8, 4) is 0 Å². The van der Waals surface area contributed by atoms with E-state index in [9.17, 15) is 14.4 Å². The van der Waals surface area contributed by atoms with Crippen LogP contribution in [0.1, 0.15) is 41.7 Å². The first-order valence-electron chi connectivity index (χ1n) is 12.1. The molecule has 0 N–H and O–H groups in total. The number of carbonyl (C=O) groups excluding carboxylic acids is 2. The van der Waals surface area contributed by atoms with E-state index in [0.29, 0.717) is 54.3 Å². The number of hydrogen-bond acceptors (Lipinski definition) is 7. The molecule has 10 heteroatoms. The van der Waals surface area contributed by atoms with Crippen molar-refractivity contribution in [1.82, 2.24) is 14.4 Å². The summed E-state index contributed by atoms with van der Waals surface area (Å²) in [7, 11) is 3.95. The van der Waals surface area contributed by atoms with Gasteiger partial charge in [0.25, 0.3) is 11.5 Å². The molecule has 0 atom stereocenters. The lowest BCUT2D eigenvalue weighted by Gasteiger charge is -2.37. The molecule has 1 amide bonds. The quantitative estimate of drug-likeness (QED) is 0.407. The van der Waals surface area contributed by atoms with Crippen LogP contribution in [0.25, 0.3) is 10.9 Å². The van der Waals surface area contributed by atoms with Gasteiger partial charge in [0.05, 0.1) is 24.1 Å². The molecule has 0 spiro atoms. The molecule has 2 aromatic heterocycles. The topological polar surface area (TPSA) is 88.2 Å². The molecule has 1 aliphatic heterocycles. The van der Waals surface area contributed by atoms with Gasteiger partial charge in [-0.15, -0.1) is 0 Å². The fourth-order valence-corrected chi connectivity index (χ4v) is 4.76. The second-order valence-corrected chi connectivity index (χ2v) is 9.41. The number of carbonyl (C=O) groups is 2. The van der Waals surface area contributed by atoms with Crippen LogP contribution in [0.2, 0.25) is 5.02 Å². The van der Waals surface area contributed by atoms with Crippen LogP contribution in [-0.2, 0) is 11.3 Å². The predicted octanol–water partition coefficient (Wildman–Crippen LogP) is 3.97. The normalized spacial score (nSPS) is 13.6. The Kier molecular flexibility index (Phi) is 9.39. The number of nitrogens with zero attached hydrogens (tertiary/aromatic N) is 4. The number of ether oxygens (including phenoxy) is 1. The minimum Gasteiger partial charge on any atom is -0.462 e. The lowest BCUT2D eigenvalue weighted by Crippen LogP contribution is -2.49. The number of aromatic nitrogens is 1. The van der Waals surface area contributed by atoms with Gasteiger partial charge in [-0.25, -0.2) is 4.79 Å². The summed E-state index contributed by atoms with van der Waals surface area (Å²) in [5, 5.41) is 1.21. The van der Waals surface area contributed by atoms with Gasteiger partial charge in [0.15, 0.2) is 5.76 Å². The van der Waals surface area contributed by atoms with E-state index in [2.05, 4.69) is 0 Å². The molecule has 0 aliphatic carbocycles. The lowest BCUT2D eigenvalue weighted by molar-refractivity contribution is 0.0523. The summed E-state index contributed by atoms with van der Waals surface area (Å²) in [6.07, 6.45) is 2.21. The van der Waals surface area contributed by atoms with Crippen molar-refractivity contribution in [1.29, 1.82) is 0 Å². The lowest BCUT2D eigenvalue weighted by atomic mass is 10.1. The van der Waals surface area contributed by atoms with Gasteiger partial charge in [0, 0.05) is 43.1 Å². The summed E-state index contributed by atoms with van der Waals surface area (Å²) in [5.74, 6) is -0.558. The minimum absolute atomic E-state index is 0. The van der Waals surface area contributed by atoms with Gasteiger partial charge < -0.3 is 28.4 Å². The van der Waals surface area contributed by atoms with Gasteiger partial charge in [-0.2, -0.15) is 0 Å². The van der Waals surface area contributed by atoms with Crippen LogP contribution < -0.4 is 10.5 Å². The van der Waals surface area contributed by atoms with Crippen molar-refractivity contribution in [2.45, 2.75) is 27.3 Å². The number of amides is 1. The number of rotatable bonds is 8. The van der Waals surface area contributed by atoms with Crippen LogP contribution in [0.5, 0.6) is 0 Å². The molecule has 4 rings (SSSR count). The number of furan rings is 1. The number of benzene rings is 1. The number of esters is 1. The Morgan fingerprint density at radius 2 is 1.86 bits per heavy atom. The molecule has 37 heavy (non-hydrogen) atoms. The first-order valence-corrected chi connectivity index (χ1v) is 12.4. The third-order valence-electron chi connectivity index (χ3n) is 6.28. The minimum atomic E-state index is -0.658. The second-order valence-electron chi connectivity index (χ2n) is 8.98. The zero-order chi connectivity index (χ0) is 25.8. The van der Waals surface area contributed by atoms with E-state index >= 15 is 0 Å². The summed E-state index contributed by atoms with van der Waals surface area (Å²) >= 11 is 6.39. The highest BCUT2D eigenvalue weighted by Crippen LogP contribution is 2.32. The van der Waals surface area contributed by atoms with Crippen molar-refractivity contribution in [2.75, 3.05) is 58.3 Å². The van der Waals surface area contributed by atoms with E-state index in [0.717, 1.165) is 13.0 Å². The molecule has 1 aliphatic rings. The highest BCUT2D eigenvalue weighted by molar-refractivity contribution is 6.31. The van der Waals surface area contributed by atoms with E-state index in [1.807, 2.05) is 30.0 Å². The smallest absolute Gasteiger partial charge is 0.345 e. The summed E-state index contributed by atoms with van der Waals surface area (Å²) in [6, 6.07) is 8.68. The van der Waals surface area contributed by atoms with Crippen molar-refractivity contribution < 1.29 is 18.7 Å². The number of fused-ring (bicyclic) bond motifs is 1. The molecule has 0 bridgehead atoms. The van der Waals surface area contributed by atoms with Crippen LogP contribution in [0.15, 0.2) is 45.8 Å². The Hall–Kier alpha value is -3.30. The number of pyridine rings is 1. The maximum absolute atomic E-state index is 13.8. The number of hydrogen-bond donors (Lipinski definition) is 0. The van der Waals surface area contributed by atoms with E-state index in [-0.39, 0.29) is 36.8 Å². The van der Waals surface area contributed by atoms with E-state index in [4.69, 9.17) is 20.8 Å².